The molecule has 5 nitrogen and oxygen atoms in total. The fourth-order valence-electron chi connectivity index (χ4n) is 2.12. The van der Waals surface area contributed by atoms with E-state index in [9.17, 15) is 9.59 Å². The predicted molar refractivity (Wildman–Crippen MR) is 94.1 cm³/mol. The number of hydrogen-bond acceptors (Lipinski definition) is 4. The first-order valence-corrected chi connectivity index (χ1v) is 8.81. The molecule has 2 rings (SSSR count). The summed E-state index contributed by atoms with van der Waals surface area (Å²) < 4.78 is 0.817. The average molecular weight is 384 g/mol. The average Bonchev–Trinajstić information content (AvgIpc) is 2.77. The van der Waals surface area contributed by atoms with Crippen molar-refractivity contribution in [3.63, 3.8) is 0 Å². The van der Waals surface area contributed by atoms with Crippen molar-refractivity contribution >= 4 is 50.4 Å². The van der Waals surface area contributed by atoms with Crippen molar-refractivity contribution in [2.24, 2.45) is 4.99 Å². The van der Waals surface area contributed by atoms with Crippen LogP contribution in [0.4, 0.5) is 5.69 Å². The Morgan fingerprint density at radius 3 is 2.77 bits per heavy atom. The Morgan fingerprint density at radius 2 is 2.14 bits per heavy atom. The molecule has 7 heteroatoms. The second kappa shape index (κ2) is 7.78. The molecule has 1 N–H and O–H groups in total. The van der Waals surface area contributed by atoms with Gasteiger partial charge in [-0.1, -0.05) is 23.9 Å². The van der Waals surface area contributed by atoms with Gasteiger partial charge in [0.05, 0.1) is 5.69 Å². The Kier molecular flexibility index (Phi) is 6.02. The molecule has 1 aliphatic rings. The third kappa shape index (κ3) is 3.89. The Hall–Kier alpha value is -1.34. The molecule has 0 bridgehead atoms. The summed E-state index contributed by atoms with van der Waals surface area (Å²) in [6.07, 6.45) is 0.143. The summed E-state index contributed by atoms with van der Waals surface area (Å²) in [4.78, 5) is 30.5. The summed E-state index contributed by atoms with van der Waals surface area (Å²) in [6.45, 7) is 5.04. The molecule has 1 aliphatic heterocycles. The summed E-state index contributed by atoms with van der Waals surface area (Å²) >= 11 is 4.76. The van der Waals surface area contributed by atoms with Gasteiger partial charge in [0, 0.05) is 24.0 Å². The molecule has 1 heterocycles. The maximum atomic E-state index is 12.3. The van der Waals surface area contributed by atoms with Crippen molar-refractivity contribution in [1.82, 2.24) is 4.90 Å². The van der Waals surface area contributed by atoms with Gasteiger partial charge < -0.3 is 5.32 Å². The van der Waals surface area contributed by atoms with Crippen LogP contribution < -0.4 is 5.32 Å². The number of nitrogens with one attached hydrogen (secondary N) is 1. The SMILES string of the molecule is CCN=C1SC(CC(=O)Nc2ccccc2Br)C(=O)N1CC. The van der Waals surface area contributed by atoms with E-state index in [1.807, 2.05) is 38.1 Å². The summed E-state index contributed by atoms with van der Waals surface area (Å²) in [5, 5.41) is 3.15. The normalized spacial score (nSPS) is 19.8. The van der Waals surface area contributed by atoms with E-state index in [4.69, 9.17) is 0 Å². The van der Waals surface area contributed by atoms with Crippen molar-refractivity contribution in [1.29, 1.82) is 0 Å². The molecule has 118 valence electrons. The number of benzene rings is 1. The minimum atomic E-state index is -0.396. The van der Waals surface area contributed by atoms with Crippen molar-refractivity contribution in [2.75, 3.05) is 18.4 Å². The number of nitrogens with zero attached hydrogens (tertiary/aromatic N) is 2. The zero-order valence-electron chi connectivity index (χ0n) is 12.5. The van der Waals surface area contributed by atoms with Crippen molar-refractivity contribution in [3.8, 4) is 0 Å². The lowest BCUT2D eigenvalue weighted by Crippen LogP contribution is -2.33. The van der Waals surface area contributed by atoms with Gasteiger partial charge in [-0.25, -0.2) is 0 Å². The lowest BCUT2D eigenvalue weighted by atomic mass is 10.2. The number of aliphatic imine (C=N–C) groups is 1. The zero-order valence-corrected chi connectivity index (χ0v) is 14.9. The van der Waals surface area contributed by atoms with Crippen molar-refractivity contribution in [2.45, 2.75) is 25.5 Å². The third-order valence-corrected chi connectivity index (χ3v) is 5.05. The predicted octanol–water partition coefficient (Wildman–Crippen LogP) is 3.12. The number of amidine groups is 1. The molecule has 22 heavy (non-hydrogen) atoms. The van der Waals surface area contributed by atoms with Crippen LogP contribution in [0.1, 0.15) is 20.3 Å². The first-order valence-electron chi connectivity index (χ1n) is 7.13. The number of carbonyl (C=O) groups excluding carboxylic acids is 2. The van der Waals surface area contributed by atoms with Gasteiger partial charge in [-0.2, -0.15) is 0 Å². The van der Waals surface area contributed by atoms with Crippen LogP contribution in [-0.4, -0.2) is 40.2 Å². The summed E-state index contributed by atoms with van der Waals surface area (Å²) in [5.41, 5.74) is 0.706. The second-order valence-corrected chi connectivity index (χ2v) is 6.70. The smallest absolute Gasteiger partial charge is 0.242 e. The summed E-state index contributed by atoms with van der Waals surface area (Å²) in [7, 11) is 0. The van der Waals surface area contributed by atoms with Gasteiger partial charge in [0.15, 0.2) is 5.17 Å². The number of anilines is 1. The number of hydrogen-bond donors (Lipinski definition) is 1. The lowest BCUT2D eigenvalue weighted by Gasteiger charge is -2.13. The molecule has 1 aromatic carbocycles. The Bertz CT molecular complexity index is 606. The highest BCUT2D eigenvalue weighted by Crippen LogP contribution is 2.30. The lowest BCUT2D eigenvalue weighted by molar-refractivity contribution is -0.128. The zero-order chi connectivity index (χ0) is 16.1. The number of thioether (sulfide) groups is 1. The molecule has 0 spiro atoms. The maximum Gasteiger partial charge on any atom is 0.242 e. The maximum absolute atomic E-state index is 12.3. The van der Waals surface area contributed by atoms with Crippen LogP contribution in [0.3, 0.4) is 0 Å². The van der Waals surface area contributed by atoms with Gasteiger partial charge in [0.2, 0.25) is 11.8 Å². The van der Waals surface area contributed by atoms with Crippen LogP contribution in [0, 0.1) is 0 Å². The fourth-order valence-corrected chi connectivity index (χ4v) is 3.77. The highest BCUT2D eigenvalue weighted by molar-refractivity contribution is 9.10. The van der Waals surface area contributed by atoms with E-state index < -0.39 is 5.25 Å². The second-order valence-electron chi connectivity index (χ2n) is 4.68. The molecule has 0 saturated carbocycles. The van der Waals surface area contributed by atoms with Gasteiger partial charge in [0.1, 0.15) is 5.25 Å². The van der Waals surface area contributed by atoms with Gasteiger partial charge in [-0.15, -0.1) is 0 Å². The Labute approximate surface area is 142 Å². The highest BCUT2D eigenvalue weighted by atomic mass is 79.9. The largest absolute Gasteiger partial charge is 0.325 e. The molecular weight excluding hydrogens is 366 g/mol. The number of para-hydroxylation sites is 1. The van der Waals surface area contributed by atoms with Gasteiger partial charge >= 0.3 is 0 Å². The van der Waals surface area contributed by atoms with Crippen molar-refractivity contribution in [3.05, 3.63) is 28.7 Å². The van der Waals surface area contributed by atoms with Gasteiger partial charge in [-0.3, -0.25) is 19.5 Å². The van der Waals surface area contributed by atoms with E-state index in [1.165, 1.54) is 11.8 Å². The number of halogens is 1. The van der Waals surface area contributed by atoms with E-state index in [0.29, 0.717) is 23.9 Å². The molecule has 0 aromatic heterocycles. The van der Waals surface area contributed by atoms with E-state index >= 15 is 0 Å². The van der Waals surface area contributed by atoms with Gasteiger partial charge in [-0.05, 0) is 41.9 Å². The molecular formula is C15H18BrN3O2S. The minimum absolute atomic E-state index is 0.0398. The topological polar surface area (TPSA) is 61.8 Å². The van der Waals surface area contributed by atoms with Crippen LogP contribution in [0.2, 0.25) is 0 Å². The van der Waals surface area contributed by atoms with Crippen LogP contribution in [-0.2, 0) is 9.59 Å². The fraction of sp³-hybridized carbons (Fsp3) is 0.400. The van der Waals surface area contributed by atoms with E-state index in [2.05, 4.69) is 26.2 Å². The summed E-state index contributed by atoms with van der Waals surface area (Å²) in [6, 6.07) is 7.40. The standard InChI is InChI=1S/C15H18BrN3O2S/c1-3-17-15-19(4-2)14(21)12(22-15)9-13(20)18-11-8-6-5-7-10(11)16/h5-8,12H,3-4,9H2,1-2H3,(H,18,20). The number of amides is 2. The molecule has 1 atom stereocenters. The quantitative estimate of drug-likeness (QED) is 0.849. The first-order chi connectivity index (χ1) is 10.6. The van der Waals surface area contributed by atoms with Crippen molar-refractivity contribution < 1.29 is 9.59 Å². The van der Waals surface area contributed by atoms with E-state index in [-0.39, 0.29) is 18.2 Å². The van der Waals surface area contributed by atoms with Crippen LogP contribution in [0.5, 0.6) is 0 Å². The Morgan fingerprint density at radius 1 is 1.41 bits per heavy atom. The first kappa shape index (κ1) is 17.0. The number of carbonyl (C=O) groups is 2. The molecule has 0 radical (unpaired) electrons. The molecule has 1 saturated heterocycles. The minimum Gasteiger partial charge on any atom is -0.325 e. The van der Waals surface area contributed by atoms with E-state index in [1.54, 1.807) is 4.90 Å². The van der Waals surface area contributed by atoms with Gasteiger partial charge in [0.25, 0.3) is 0 Å². The molecule has 1 unspecified atom stereocenters. The monoisotopic (exact) mass is 383 g/mol. The molecule has 0 aliphatic carbocycles. The van der Waals surface area contributed by atoms with Crippen LogP contribution in [0.25, 0.3) is 0 Å². The molecule has 2 amide bonds. The van der Waals surface area contributed by atoms with E-state index in [0.717, 1.165) is 4.47 Å². The molecule has 1 fully saturated rings. The Balaban J connectivity index is 2.02. The summed E-state index contributed by atoms with van der Waals surface area (Å²) in [5.74, 6) is -0.214. The van der Waals surface area contributed by atoms with Crippen LogP contribution in [0.15, 0.2) is 33.7 Å². The number of rotatable bonds is 5. The third-order valence-electron chi connectivity index (χ3n) is 3.15. The molecule has 1 aromatic rings. The van der Waals surface area contributed by atoms with Crippen LogP contribution >= 0.6 is 27.7 Å². The highest BCUT2D eigenvalue weighted by Gasteiger charge is 2.38.